The average Bonchev–Trinajstić information content (AvgIpc) is 2.04. The summed E-state index contributed by atoms with van der Waals surface area (Å²) in [6.07, 6.45) is 1.79. The predicted octanol–water partition coefficient (Wildman–Crippen LogP) is 1.92. The van der Waals surface area contributed by atoms with Gasteiger partial charge >= 0.3 is 0 Å². The number of nitrogens with zero attached hydrogens (tertiary/aromatic N) is 2. The fourth-order valence-corrected chi connectivity index (χ4v) is 1.03. The first kappa shape index (κ1) is 8.78. The highest BCUT2D eigenvalue weighted by Crippen LogP contribution is 2.15. The second-order valence-corrected chi connectivity index (χ2v) is 2.98. The summed E-state index contributed by atoms with van der Waals surface area (Å²) in [6.45, 7) is 5.96. The molecule has 1 aromatic rings. The van der Waals surface area contributed by atoms with Crippen molar-refractivity contribution >= 4 is 5.70 Å². The smallest absolute Gasteiger partial charge is 0.0465 e. The van der Waals surface area contributed by atoms with Crippen LogP contribution in [0.25, 0.3) is 5.70 Å². The third kappa shape index (κ3) is 1.64. The molecule has 0 N–H and O–H groups in total. The maximum absolute atomic E-state index is 4.20. The van der Waals surface area contributed by atoms with Gasteiger partial charge in [0, 0.05) is 37.2 Å². The summed E-state index contributed by atoms with van der Waals surface area (Å²) in [6, 6.07) is 3.96. The van der Waals surface area contributed by atoms with Crippen molar-refractivity contribution in [2.75, 3.05) is 14.1 Å². The van der Waals surface area contributed by atoms with E-state index in [2.05, 4.69) is 11.6 Å². The maximum atomic E-state index is 4.20. The van der Waals surface area contributed by atoms with Crippen molar-refractivity contribution in [3.8, 4) is 0 Å². The third-order valence-corrected chi connectivity index (χ3v) is 1.86. The van der Waals surface area contributed by atoms with E-state index in [0.29, 0.717) is 0 Å². The Morgan fingerprint density at radius 1 is 1.50 bits per heavy atom. The van der Waals surface area contributed by atoms with Gasteiger partial charge in [0.05, 0.1) is 0 Å². The van der Waals surface area contributed by atoms with Crippen molar-refractivity contribution in [1.82, 2.24) is 9.88 Å². The molecule has 0 radical (unpaired) electrons. The van der Waals surface area contributed by atoms with Crippen LogP contribution in [0.3, 0.4) is 0 Å². The highest BCUT2D eigenvalue weighted by molar-refractivity contribution is 5.62. The lowest BCUT2D eigenvalue weighted by atomic mass is 10.1. The van der Waals surface area contributed by atoms with Crippen molar-refractivity contribution in [2.24, 2.45) is 0 Å². The second-order valence-electron chi connectivity index (χ2n) is 2.98. The van der Waals surface area contributed by atoms with Crippen LogP contribution in [-0.2, 0) is 0 Å². The van der Waals surface area contributed by atoms with Gasteiger partial charge in [-0.3, -0.25) is 4.98 Å². The molecule has 0 atom stereocenters. The number of pyridine rings is 1. The minimum Gasteiger partial charge on any atom is -0.378 e. The van der Waals surface area contributed by atoms with Crippen molar-refractivity contribution in [1.29, 1.82) is 0 Å². The molecule has 1 heterocycles. The van der Waals surface area contributed by atoms with Crippen LogP contribution in [0.2, 0.25) is 0 Å². The molecule has 0 saturated heterocycles. The summed E-state index contributed by atoms with van der Waals surface area (Å²) < 4.78 is 0. The summed E-state index contributed by atoms with van der Waals surface area (Å²) in [4.78, 5) is 6.19. The Morgan fingerprint density at radius 3 is 2.67 bits per heavy atom. The largest absolute Gasteiger partial charge is 0.378 e. The lowest BCUT2D eigenvalue weighted by Gasteiger charge is -2.16. The van der Waals surface area contributed by atoms with Crippen molar-refractivity contribution in [3.63, 3.8) is 0 Å². The van der Waals surface area contributed by atoms with Crippen LogP contribution >= 0.6 is 0 Å². The first-order chi connectivity index (χ1) is 5.63. The highest BCUT2D eigenvalue weighted by Gasteiger charge is 2.03. The number of aryl methyl sites for hydroxylation is 1. The first-order valence-electron chi connectivity index (χ1n) is 3.91. The van der Waals surface area contributed by atoms with Crippen LogP contribution in [0.15, 0.2) is 24.9 Å². The Labute approximate surface area is 73.5 Å². The summed E-state index contributed by atoms with van der Waals surface area (Å²) in [5, 5.41) is 0. The van der Waals surface area contributed by atoms with Gasteiger partial charge in [0.25, 0.3) is 0 Å². The lowest BCUT2D eigenvalue weighted by molar-refractivity contribution is 0.592. The van der Waals surface area contributed by atoms with E-state index in [9.17, 15) is 0 Å². The van der Waals surface area contributed by atoms with Crippen LogP contribution in [0.1, 0.15) is 11.3 Å². The predicted molar refractivity (Wildman–Crippen MR) is 51.7 cm³/mol. The van der Waals surface area contributed by atoms with E-state index in [0.717, 1.165) is 17.0 Å². The van der Waals surface area contributed by atoms with Gasteiger partial charge in [0.15, 0.2) is 0 Å². The fraction of sp³-hybridized carbons (Fsp3) is 0.300. The molecule has 0 fully saturated rings. The summed E-state index contributed by atoms with van der Waals surface area (Å²) in [5.74, 6) is 0. The van der Waals surface area contributed by atoms with E-state index in [-0.39, 0.29) is 0 Å². The molecular formula is C10H14N2. The Morgan fingerprint density at radius 2 is 2.17 bits per heavy atom. The van der Waals surface area contributed by atoms with Crippen molar-refractivity contribution < 1.29 is 0 Å². The molecule has 2 heteroatoms. The van der Waals surface area contributed by atoms with Crippen molar-refractivity contribution in [2.45, 2.75) is 6.92 Å². The molecule has 0 aliphatic heterocycles. The van der Waals surface area contributed by atoms with E-state index in [1.165, 1.54) is 0 Å². The molecule has 0 aliphatic rings. The van der Waals surface area contributed by atoms with Crippen LogP contribution in [0.5, 0.6) is 0 Å². The Balaban J connectivity index is 3.03. The molecule has 1 aromatic heterocycles. The van der Waals surface area contributed by atoms with Crippen LogP contribution in [0.4, 0.5) is 0 Å². The van der Waals surface area contributed by atoms with E-state index >= 15 is 0 Å². The van der Waals surface area contributed by atoms with Gasteiger partial charge in [0.2, 0.25) is 0 Å². The molecule has 64 valence electrons. The molecule has 1 rings (SSSR count). The molecule has 0 aliphatic carbocycles. The second kappa shape index (κ2) is 3.39. The van der Waals surface area contributed by atoms with Crippen molar-refractivity contribution in [3.05, 3.63) is 36.2 Å². The molecule has 0 bridgehead atoms. The summed E-state index contributed by atoms with van der Waals surface area (Å²) in [5.41, 5.74) is 3.14. The van der Waals surface area contributed by atoms with Gasteiger partial charge in [-0.25, -0.2) is 0 Å². The molecule has 0 amide bonds. The number of hydrogen-bond acceptors (Lipinski definition) is 2. The van der Waals surface area contributed by atoms with Gasteiger partial charge in [-0.05, 0) is 19.1 Å². The topological polar surface area (TPSA) is 16.1 Å². The number of rotatable bonds is 2. The minimum atomic E-state index is 1.00. The Kier molecular flexibility index (Phi) is 2.48. The number of hydrogen-bond donors (Lipinski definition) is 0. The van der Waals surface area contributed by atoms with Gasteiger partial charge < -0.3 is 4.90 Å². The van der Waals surface area contributed by atoms with E-state index in [4.69, 9.17) is 0 Å². The molecule has 2 nitrogen and oxygen atoms in total. The van der Waals surface area contributed by atoms with Gasteiger partial charge in [-0.15, -0.1) is 0 Å². The molecular weight excluding hydrogens is 148 g/mol. The third-order valence-electron chi connectivity index (χ3n) is 1.86. The standard InChI is InChI=1S/C10H14N2/c1-8-10(6-5-7-11-8)9(2)12(3)4/h5-7H,2H2,1,3-4H3. The molecule has 0 saturated carbocycles. The molecule has 0 spiro atoms. The van der Waals surface area contributed by atoms with Gasteiger partial charge in [-0.2, -0.15) is 0 Å². The normalized spacial score (nSPS) is 9.58. The van der Waals surface area contributed by atoms with Crippen LogP contribution in [0, 0.1) is 6.92 Å². The lowest BCUT2D eigenvalue weighted by Crippen LogP contribution is -2.09. The Bertz CT molecular complexity index is 290. The first-order valence-corrected chi connectivity index (χ1v) is 3.91. The van der Waals surface area contributed by atoms with Gasteiger partial charge in [-0.1, -0.05) is 6.58 Å². The molecule has 0 unspecified atom stereocenters. The SMILES string of the molecule is C=C(c1cccnc1C)N(C)C. The maximum Gasteiger partial charge on any atom is 0.0465 e. The van der Waals surface area contributed by atoms with E-state index < -0.39 is 0 Å². The minimum absolute atomic E-state index is 1.00. The van der Waals surface area contributed by atoms with Crippen LogP contribution in [-0.4, -0.2) is 24.0 Å². The monoisotopic (exact) mass is 162 g/mol. The molecule has 0 aromatic carbocycles. The fourth-order valence-electron chi connectivity index (χ4n) is 1.03. The zero-order chi connectivity index (χ0) is 9.14. The van der Waals surface area contributed by atoms with Crippen LogP contribution < -0.4 is 0 Å². The summed E-state index contributed by atoms with van der Waals surface area (Å²) >= 11 is 0. The summed E-state index contributed by atoms with van der Waals surface area (Å²) in [7, 11) is 3.96. The zero-order valence-electron chi connectivity index (χ0n) is 7.83. The van der Waals surface area contributed by atoms with E-state index in [1.54, 1.807) is 6.20 Å². The quantitative estimate of drug-likeness (QED) is 0.660. The molecule has 12 heavy (non-hydrogen) atoms. The zero-order valence-corrected chi connectivity index (χ0v) is 7.83. The number of aromatic nitrogens is 1. The Hall–Kier alpha value is -1.31. The average molecular weight is 162 g/mol. The van der Waals surface area contributed by atoms with Gasteiger partial charge in [0.1, 0.15) is 0 Å². The highest BCUT2D eigenvalue weighted by atomic mass is 15.1. The van der Waals surface area contributed by atoms with E-state index in [1.807, 2.05) is 38.1 Å².